The van der Waals surface area contributed by atoms with E-state index in [1.165, 1.54) is 12.7 Å². The fourth-order valence-electron chi connectivity index (χ4n) is 4.09. The lowest BCUT2D eigenvalue weighted by Gasteiger charge is -2.19. The monoisotopic (exact) mass is 455 g/mol. The molecule has 0 atom stereocenters. The third-order valence-corrected chi connectivity index (χ3v) is 6.02. The highest BCUT2D eigenvalue weighted by Gasteiger charge is 2.29. The highest BCUT2D eigenvalue weighted by atomic mass is 16.5. The highest BCUT2D eigenvalue weighted by Crippen LogP contribution is 2.38. The zero-order chi connectivity index (χ0) is 24.1. The second-order valence-corrected chi connectivity index (χ2v) is 8.11. The molecule has 6 heteroatoms. The van der Waals surface area contributed by atoms with Crippen molar-refractivity contribution in [2.75, 3.05) is 30.8 Å². The lowest BCUT2D eigenvalue weighted by atomic mass is 9.99. The van der Waals surface area contributed by atoms with Crippen LogP contribution in [-0.4, -0.2) is 37.0 Å². The minimum absolute atomic E-state index is 0.221. The van der Waals surface area contributed by atoms with Crippen LogP contribution in [0.25, 0.3) is 11.3 Å². The minimum atomic E-state index is -0.444. The van der Waals surface area contributed by atoms with Gasteiger partial charge in [0.25, 0.3) is 5.91 Å². The molecule has 4 rings (SSSR count). The van der Waals surface area contributed by atoms with Crippen LogP contribution in [-0.2, 0) is 16.1 Å². The Labute approximate surface area is 200 Å². The van der Waals surface area contributed by atoms with Crippen LogP contribution in [0.4, 0.5) is 11.4 Å². The molecule has 0 bridgehead atoms. The number of methoxy groups -OCH3 is 1. The molecule has 3 aromatic rings. The number of rotatable bonds is 8. The Kier molecular flexibility index (Phi) is 7.09. The van der Waals surface area contributed by atoms with E-state index in [2.05, 4.69) is 41.5 Å². The molecule has 0 spiro atoms. The largest absolute Gasteiger partial charge is 0.465 e. The first-order valence-corrected chi connectivity index (χ1v) is 11.5. The number of carbonyl (C=O) groups excluding carboxylic acids is 2. The molecule has 2 N–H and O–H groups in total. The van der Waals surface area contributed by atoms with Gasteiger partial charge in [0.2, 0.25) is 0 Å². The maximum atomic E-state index is 13.1. The van der Waals surface area contributed by atoms with Crippen LogP contribution in [0.1, 0.15) is 40.9 Å². The summed E-state index contributed by atoms with van der Waals surface area (Å²) in [5.41, 5.74) is 5.98. The van der Waals surface area contributed by atoms with Crippen LogP contribution in [0.15, 0.2) is 72.8 Å². The van der Waals surface area contributed by atoms with Gasteiger partial charge in [-0.05, 0) is 48.5 Å². The second-order valence-electron chi connectivity index (χ2n) is 8.11. The highest BCUT2D eigenvalue weighted by molar-refractivity contribution is 6.37. The summed E-state index contributed by atoms with van der Waals surface area (Å²) in [7, 11) is 1.34. The molecule has 1 amide bonds. The van der Waals surface area contributed by atoms with Crippen LogP contribution < -0.4 is 10.6 Å². The van der Waals surface area contributed by atoms with Crippen LogP contribution >= 0.6 is 0 Å². The quantitative estimate of drug-likeness (QED) is 0.359. The Morgan fingerprint density at radius 1 is 0.941 bits per heavy atom. The molecule has 1 aliphatic rings. The lowest BCUT2D eigenvalue weighted by Crippen LogP contribution is -2.22. The van der Waals surface area contributed by atoms with Gasteiger partial charge in [0.05, 0.1) is 29.6 Å². The van der Waals surface area contributed by atoms with Gasteiger partial charge in [-0.15, -0.1) is 0 Å². The van der Waals surface area contributed by atoms with E-state index < -0.39 is 5.97 Å². The van der Waals surface area contributed by atoms with Crippen molar-refractivity contribution in [3.63, 3.8) is 0 Å². The van der Waals surface area contributed by atoms with Crippen molar-refractivity contribution in [3.05, 3.63) is 95.1 Å². The first-order chi connectivity index (χ1) is 16.5. The topological polar surface area (TPSA) is 70.7 Å². The van der Waals surface area contributed by atoms with E-state index in [4.69, 9.17) is 4.74 Å². The minimum Gasteiger partial charge on any atom is -0.465 e. The fraction of sp³-hybridized carbons (Fsp3) is 0.214. The summed E-state index contributed by atoms with van der Waals surface area (Å²) in [6.45, 7) is 7.24. The van der Waals surface area contributed by atoms with Crippen LogP contribution in [0.5, 0.6) is 0 Å². The van der Waals surface area contributed by atoms with Gasteiger partial charge in [-0.2, -0.15) is 0 Å². The van der Waals surface area contributed by atoms with Crippen molar-refractivity contribution in [3.8, 4) is 0 Å². The Morgan fingerprint density at radius 3 is 2.29 bits per heavy atom. The standard InChI is InChI=1S/C28H29N3O3/c1-4-31(5-2)18-19-11-14-22(15-12-19)29-26(20-9-7-6-8-10-20)25-23-16-13-21(28(33)34-3)17-24(23)30-27(25)32/h6-17,29H,4-5,18H2,1-3H3,(H,30,32). The van der Waals surface area contributed by atoms with Gasteiger partial charge >= 0.3 is 5.97 Å². The van der Waals surface area contributed by atoms with Gasteiger partial charge in [0.15, 0.2) is 0 Å². The third kappa shape index (κ3) is 4.87. The van der Waals surface area contributed by atoms with E-state index in [1.54, 1.807) is 18.2 Å². The molecule has 6 nitrogen and oxygen atoms in total. The van der Waals surface area contributed by atoms with E-state index in [1.807, 2.05) is 42.5 Å². The first-order valence-electron chi connectivity index (χ1n) is 11.5. The Hall–Kier alpha value is -3.90. The van der Waals surface area contributed by atoms with Gasteiger partial charge in [-0.3, -0.25) is 9.69 Å². The summed E-state index contributed by atoms with van der Waals surface area (Å²) in [5, 5.41) is 6.38. The van der Waals surface area contributed by atoms with Crippen LogP contribution in [0.3, 0.4) is 0 Å². The van der Waals surface area contributed by atoms with Crippen LogP contribution in [0.2, 0.25) is 0 Å². The summed E-state index contributed by atoms with van der Waals surface area (Å²) in [6.07, 6.45) is 0. The third-order valence-electron chi connectivity index (χ3n) is 6.02. The van der Waals surface area contributed by atoms with E-state index in [-0.39, 0.29) is 5.91 Å². The molecular weight excluding hydrogens is 426 g/mol. The SMILES string of the molecule is CCN(CC)Cc1ccc(NC(=C2C(=O)Nc3cc(C(=O)OC)ccc32)c2ccccc2)cc1. The van der Waals surface area contributed by atoms with Crippen molar-refractivity contribution in [1.82, 2.24) is 4.90 Å². The van der Waals surface area contributed by atoms with Gasteiger partial charge < -0.3 is 15.4 Å². The number of benzene rings is 3. The average Bonchev–Trinajstić information content (AvgIpc) is 3.21. The number of fused-ring (bicyclic) bond motifs is 1. The molecule has 0 radical (unpaired) electrons. The molecule has 1 heterocycles. The van der Waals surface area contributed by atoms with E-state index >= 15 is 0 Å². The fourth-order valence-corrected chi connectivity index (χ4v) is 4.09. The zero-order valence-electron chi connectivity index (χ0n) is 19.7. The molecule has 0 saturated carbocycles. The molecular formula is C28H29N3O3. The number of nitrogens with zero attached hydrogens (tertiary/aromatic N) is 1. The number of carbonyl (C=O) groups is 2. The van der Waals surface area contributed by atoms with E-state index in [0.29, 0.717) is 22.5 Å². The Balaban J connectivity index is 1.73. The summed E-state index contributed by atoms with van der Waals surface area (Å²) in [6, 6.07) is 23.2. The smallest absolute Gasteiger partial charge is 0.337 e. The number of hydrogen-bond acceptors (Lipinski definition) is 5. The summed E-state index contributed by atoms with van der Waals surface area (Å²) in [4.78, 5) is 27.4. The van der Waals surface area contributed by atoms with Gasteiger partial charge in [0.1, 0.15) is 0 Å². The summed E-state index contributed by atoms with van der Waals surface area (Å²) in [5.74, 6) is -0.665. The van der Waals surface area contributed by atoms with Gasteiger partial charge in [-0.1, -0.05) is 62.4 Å². The lowest BCUT2D eigenvalue weighted by molar-refractivity contribution is -0.110. The van der Waals surface area contributed by atoms with Crippen molar-refractivity contribution in [2.45, 2.75) is 20.4 Å². The molecule has 3 aromatic carbocycles. The maximum Gasteiger partial charge on any atom is 0.337 e. The zero-order valence-corrected chi connectivity index (χ0v) is 19.7. The number of anilines is 2. The predicted octanol–water partition coefficient (Wildman–Crippen LogP) is 5.25. The summed E-state index contributed by atoms with van der Waals surface area (Å²) >= 11 is 0. The molecule has 34 heavy (non-hydrogen) atoms. The number of ether oxygens (including phenoxy) is 1. The van der Waals surface area contributed by atoms with Crippen molar-refractivity contribution < 1.29 is 14.3 Å². The van der Waals surface area contributed by atoms with Crippen molar-refractivity contribution >= 4 is 34.5 Å². The maximum absolute atomic E-state index is 13.1. The molecule has 0 fully saturated rings. The van der Waals surface area contributed by atoms with Crippen molar-refractivity contribution in [2.24, 2.45) is 0 Å². The Bertz CT molecular complexity index is 1210. The average molecular weight is 456 g/mol. The predicted molar refractivity (Wildman–Crippen MR) is 136 cm³/mol. The normalized spacial score (nSPS) is 13.9. The van der Waals surface area contributed by atoms with E-state index in [9.17, 15) is 9.59 Å². The molecule has 174 valence electrons. The second kappa shape index (κ2) is 10.4. The first kappa shape index (κ1) is 23.3. The number of amides is 1. The van der Waals surface area contributed by atoms with Gasteiger partial charge in [0, 0.05) is 17.8 Å². The molecule has 0 saturated heterocycles. The summed E-state index contributed by atoms with van der Waals surface area (Å²) < 4.78 is 4.81. The molecule has 1 aliphatic heterocycles. The van der Waals surface area contributed by atoms with Crippen molar-refractivity contribution in [1.29, 1.82) is 0 Å². The molecule has 0 unspecified atom stereocenters. The number of hydrogen-bond donors (Lipinski definition) is 2. The number of esters is 1. The van der Waals surface area contributed by atoms with Gasteiger partial charge in [-0.25, -0.2) is 4.79 Å². The van der Waals surface area contributed by atoms with E-state index in [0.717, 1.165) is 36.4 Å². The van der Waals surface area contributed by atoms with Crippen LogP contribution in [0, 0.1) is 0 Å². The Morgan fingerprint density at radius 2 is 1.65 bits per heavy atom. The molecule has 0 aromatic heterocycles. The number of nitrogens with one attached hydrogen (secondary N) is 2. The molecule has 0 aliphatic carbocycles.